The van der Waals surface area contributed by atoms with Crippen molar-refractivity contribution in [3.8, 4) is 5.75 Å². The van der Waals surface area contributed by atoms with Crippen LogP contribution in [-0.2, 0) is 16.2 Å². The zero-order valence-electron chi connectivity index (χ0n) is 14.5. The summed E-state index contributed by atoms with van der Waals surface area (Å²) in [4.78, 5) is 45.7. The van der Waals surface area contributed by atoms with E-state index in [1.165, 1.54) is 18.2 Å². The van der Waals surface area contributed by atoms with Gasteiger partial charge in [0.25, 0.3) is 11.8 Å². The Morgan fingerprint density at radius 3 is 2.07 bits per heavy atom. The molecule has 2 aromatic carbocycles. The number of hydrogen-bond donors (Lipinski definition) is 3. The van der Waals surface area contributed by atoms with Crippen molar-refractivity contribution in [2.45, 2.75) is 6.61 Å². The average molecular weight is 524 g/mol. The number of rotatable bonds is 5. The van der Waals surface area contributed by atoms with Gasteiger partial charge in [0.05, 0.1) is 14.5 Å². The second-order valence-electron chi connectivity index (χ2n) is 5.90. The Bertz CT molecular complexity index is 1020. The van der Waals surface area contributed by atoms with Crippen molar-refractivity contribution in [1.82, 2.24) is 10.6 Å². The first-order chi connectivity index (χ1) is 13.7. The van der Waals surface area contributed by atoms with Gasteiger partial charge >= 0.3 is 12.0 Å². The molecule has 3 N–H and O–H groups in total. The molecule has 29 heavy (non-hydrogen) atoms. The van der Waals surface area contributed by atoms with Crippen LogP contribution in [0.1, 0.15) is 21.5 Å². The molecular formula is C19H12Br2N2O6. The van der Waals surface area contributed by atoms with Gasteiger partial charge in [0.1, 0.15) is 17.9 Å². The number of barbiturate groups is 1. The number of urea groups is 1. The van der Waals surface area contributed by atoms with Crippen molar-refractivity contribution >= 4 is 61.8 Å². The number of carbonyl (C=O) groups is 4. The number of hydrogen-bond acceptors (Lipinski definition) is 5. The van der Waals surface area contributed by atoms with Crippen molar-refractivity contribution in [1.29, 1.82) is 0 Å². The number of carboxylic acids is 1. The predicted molar refractivity (Wildman–Crippen MR) is 109 cm³/mol. The van der Waals surface area contributed by atoms with E-state index in [9.17, 15) is 19.2 Å². The highest BCUT2D eigenvalue weighted by Gasteiger charge is 2.27. The smallest absolute Gasteiger partial charge is 0.335 e. The molecule has 0 bridgehead atoms. The molecular weight excluding hydrogens is 512 g/mol. The molecule has 0 radical (unpaired) electrons. The summed E-state index contributed by atoms with van der Waals surface area (Å²) in [5.74, 6) is -2.08. The molecule has 3 rings (SSSR count). The minimum atomic E-state index is -1.00. The fraction of sp³-hybridized carbons (Fsp3) is 0.0526. The fourth-order valence-corrected chi connectivity index (χ4v) is 3.92. The summed E-state index contributed by atoms with van der Waals surface area (Å²) in [7, 11) is 0. The number of carbonyl (C=O) groups excluding carboxylic acids is 3. The van der Waals surface area contributed by atoms with E-state index in [0.29, 0.717) is 20.3 Å². The Kier molecular flexibility index (Phi) is 6.14. The Hall–Kier alpha value is -2.98. The van der Waals surface area contributed by atoms with Gasteiger partial charge in [-0.05, 0) is 73.3 Å². The molecule has 1 aliphatic heterocycles. The minimum absolute atomic E-state index is 0.186. The summed E-state index contributed by atoms with van der Waals surface area (Å²) in [5.41, 5.74) is 1.29. The van der Waals surface area contributed by atoms with Crippen LogP contribution in [0.25, 0.3) is 6.08 Å². The normalized spacial score (nSPS) is 13.6. The summed E-state index contributed by atoms with van der Waals surface area (Å²) in [6.07, 6.45) is 1.35. The number of imide groups is 2. The van der Waals surface area contributed by atoms with Gasteiger partial charge in [0, 0.05) is 0 Å². The zero-order chi connectivity index (χ0) is 21.1. The summed E-state index contributed by atoms with van der Waals surface area (Å²) < 4.78 is 6.92. The van der Waals surface area contributed by atoms with Crippen LogP contribution in [0.15, 0.2) is 50.9 Å². The van der Waals surface area contributed by atoms with E-state index in [0.717, 1.165) is 5.56 Å². The van der Waals surface area contributed by atoms with Crippen LogP contribution in [0.2, 0.25) is 0 Å². The molecule has 1 heterocycles. The first-order valence-corrected chi connectivity index (χ1v) is 9.65. The molecule has 0 aliphatic carbocycles. The lowest BCUT2D eigenvalue weighted by molar-refractivity contribution is -0.123. The number of nitrogens with one attached hydrogen (secondary N) is 2. The predicted octanol–water partition coefficient (Wildman–Crippen LogP) is 3.24. The van der Waals surface area contributed by atoms with Crippen molar-refractivity contribution in [2.75, 3.05) is 0 Å². The van der Waals surface area contributed by atoms with Gasteiger partial charge in [-0.2, -0.15) is 0 Å². The second kappa shape index (κ2) is 8.58. The van der Waals surface area contributed by atoms with Gasteiger partial charge in [-0.15, -0.1) is 0 Å². The highest BCUT2D eigenvalue weighted by molar-refractivity contribution is 9.11. The third kappa shape index (κ3) is 4.90. The molecule has 1 aliphatic rings. The number of benzene rings is 2. The van der Waals surface area contributed by atoms with E-state index in [4.69, 9.17) is 9.84 Å². The highest BCUT2D eigenvalue weighted by atomic mass is 79.9. The number of ether oxygens (including phenoxy) is 1. The van der Waals surface area contributed by atoms with E-state index in [2.05, 4.69) is 31.9 Å². The molecule has 0 atom stereocenters. The maximum absolute atomic E-state index is 11.8. The summed E-state index contributed by atoms with van der Waals surface area (Å²) in [6.45, 7) is 0.199. The molecule has 0 spiro atoms. The monoisotopic (exact) mass is 522 g/mol. The molecule has 0 aromatic heterocycles. The Morgan fingerprint density at radius 2 is 1.55 bits per heavy atom. The quantitative estimate of drug-likeness (QED) is 0.408. The summed E-state index contributed by atoms with van der Waals surface area (Å²) in [5, 5.41) is 12.9. The van der Waals surface area contributed by atoms with Gasteiger partial charge in [-0.25, -0.2) is 9.59 Å². The van der Waals surface area contributed by atoms with Crippen molar-refractivity contribution in [2.24, 2.45) is 0 Å². The topological polar surface area (TPSA) is 122 Å². The molecule has 1 saturated heterocycles. The SMILES string of the molecule is O=C1NC(=O)C(=Cc2cc(Br)c(OCc3ccc(C(=O)O)cc3)c(Br)c2)C(=O)N1. The maximum atomic E-state index is 11.8. The largest absolute Gasteiger partial charge is 0.487 e. The number of carboxylic acid groups (broad SMARTS) is 1. The van der Waals surface area contributed by atoms with Crippen LogP contribution in [0.4, 0.5) is 4.79 Å². The molecule has 10 heteroatoms. The van der Waals surface area contributed by atoms with Gasteiger partial charge in [0.2, 0.25) is 0 Å². The molecule has 2 aromatic rings. The van der Waals surface area contributed by atoms with Crippen molar-refractivity contribution < 1.29 is 29.0 Å². The van der Waals surface area contributed by atoms with Gasteiger partial charge in [0.15, 0.2) is 0 Å². The van der Waals surface area contributed by atoms with Gasteiger partial charge in [-0.1, -0.05) is 12.1 Å². The molecule has 1 fully saturated rings. The number of halogens is 2. The molecule has 4 amide bonds. The lowest BCUT2D eigenvalue weighted by Gasteiger charge is -2.15. The van der Waals surface area contributed by atoms with Crippen LogP contribution >= 0.6 is 31.9 Å². The minimum Gasteiger partial charge on any atom is -0.487 e. The van der Waals surface area contributed by atoms with E-state index >= 15 is 0 Å². The standard InChI is InChI=1S/C19H12Br2N2O6/c20-13-6-10(5-12-16(24)22-19(28)23-17(12)25)7-14(21)15(13)29-8-9-1-3-11(4-2-9)18(26)27/h1-7H,8H2,(H,26,27)(H2,22,23,24,25,28). The third-order valence-corrected chi connectivity index (χ3v) is 5.04. The zero-order valence-corrected chi connectivity index (χ0v) is 17.7. The van der Waals surface area contributed by atoms with E-state index in [-0.39, 0.29) is 17.7 Å². The lowest BCUT2D eigenvalue weighted by atomic mass is 10.1. The van der Waals surface area contributed by atoms with Crippen molar-refractivity contribution in [3.63, 3.8) is 0 Å². The lowest BCUT2D eigenvalue weighted by Crippen LogP contribution is -2.51. The van der Waals surface area contributed by atoms with Crippen LogP contribution in [0, 0.1) is 0 Å². The Labute approximate surface area is 181 Å². The van der Waals surface area contributed by atoms with Crippen LogP contribution < -0.4 is 15.4 Å². The average Bonchev–Trinajstić information content (AvgIpc) is 2.64. The maximum Gasteiger partial charge on any atom is 0.335 e. The molecule has 0 unspecified atom stereocenters. The van der Waals surface area contributed by atoms with Crippen LogP contribution in [0.3, 0.4) is 0 Å². The first kappa shape index (κ1) is 20.7. The summed E-state index contributed by atoms with van der Waals surface area (Å²) >= 11 is 6.78. The summed E-state index contributed by atoms with van der Waals surface area (Å²) in [6, 6.07) is 8.74. The van der Waals surface area contributed by atoms with Gasteiger partial charge < -0.3 is 9.84 Å². The van der Waals surface area contributed by atoms with Crippen LogP contribution in [-0.4, -0.2) is 28.9 Å². The number of amides is 4. The second-order valence-corrected chi connectivity index (χ2v) is 7.61. The Balaban J connectivity index is 1.78. The van der Waals surface area contributed by atoms with E-state index in [1.807, 2.05) is 10.6 Å². The number of aromatic carboxylic acids is 1. The molecule has 148 valence electrons. The Morgan fingerprint density at radius 1 is 1.00 bits per heavy atom. The van der Waals surface area contributed by atoms with E-state index < -0.39 is 23.8 Å². The molecule has 0 saturated carbocycles. The molecule has 8 nitrogen and oxygen atoms in total. The fourth-order valence-electron chi connectivity index (χ4n) is 2.47. The van der Waals surface area contributed by atoms with E-state index in [1.54, 1.807) is 24.3 Å². The highest BCUT2D eigenvalue weighted by Crippen LogP contribution is 2.36. The van der Waals surface area contributed by atoms with Crippen LogP contribution in [0.5, 0.6) is 5.75 Å². The van der Waals surface area contributed by atoms with Gasteiger partial charge in [-0.3, -0.25) is 20.2 Å². The van der Waals surface area contributed by atoms with Crippen molar-refractivity contribution in [3.05, 3.63) is 67.6 Å². The first-order valence-electron chi connectivity index (χ1n) is 8.07. The third-order valence-electron chi connectivity index (χ3n) is 3.86.